The van der Waals surface area contributed by atoms with E-state index in [1.807, 2.05) is 13.8 Å². The first-order valence-corrected chi connectivity index (χ1v) is 6.68. The van der Waals surface area contributed by atoms with Crippen molar-refractivity contribution < 1.29 is 14.1 Å². The highest BCUT2D eigenvalue weighted by Gasteiger charge is 2.25. The molecule has 19 heavy (non-hydrogen) atoms. The molecule has 1 saturated heterocycles. The Morgan fingerprint density at radius 2 is 2.32 bits per heavy atom. The molecule has 106 valence electrons. The van der Waals surface area contributed by atoms with Crippen LogP contribution >= 0.6 is 0 Å². The van der Waals surface area contributed by atoms with E-state index in [0.29, 0.717) is 5.88 Å². The molecular weight excluding hydrogens is 246 g/mol. The molecule has 1 aromatic heterocycles. The summed E-state index contributed by atoms with van der Waals surface area (Å²) in [4.78, 5) is 12.0. The van der Waals surface area contributed by atoms with Gasteiger partial charge in [-0.2, -0.15) is 0 Å². The van der Waals surface area contributed by atoms with Crippen LogP contribution in [0.4, 0.5) is 5.88 Å². The monoisotopic (exact) mass is 267 g/mol. The van der Waals surface area contributed by atoms with Gasteiger partial charge in [-0.15, -0.1) is 0 Å². The Labute approximate surface area is 112 Å². The number of aromatic nitrogens is 1. The minimum Gasteiger partial charge on any atom is -0.377 e. The number of nitrogens with zero attached hydrogens (tertiary/aromatic N) is 1. The number of hydrogen-bond acceptors (Lipinski definition) is 5. The van der Waals surface area contributed by atoms with Crippen LogP contribution in [0.1, 0.15) is 32.4 Å². The zero-order valence-corrected chi connectivity index (χ0v) is 11.6. The molecule has 3 atom stereocenters. The summed E-state index contributed by atoms with van der Waals surface area (Å²) in [7, 11) is 0. The lowest BCUT2D eigenvalue weighted by atomic mass is 10.1. The topological polar surface area (TPSA) is 76.4 Å². The van der Waals surface area contributed by atoms with Crippen molar-refractivity contribution in [2.24, 2.45) is 0 Å². The van der Waals surface area contributed by atoms with Crippen LogP contribution in [-0.2, 0) is 9.53 Å². The lowest BCUT2D eigenvalue weighted by Gasteiger charge is -2.23. The van der Waals surface area contributed by atoms with Crippen LogP contribution in [0.5, 0.6) is 0 Å². The summed E-state index contributed by atoms with van der Waals surface area (Å²) in [5.74, 6) is 0.238. The van der Waals surface area contributed by atoms with Gasteiger partial charge >= 0.3 is 0 Å². The van der Waals surface area contributed by atoms with Gasteiger partial charge in [0.2, 0.25) is 11.8 Å². The van der Waals surface area contributed by atoms with Crippen molar-refractivity contribution in [3.63, 3.8) is 0 Å². The van der Waals surface area contributed by atoms with Crippen LogP contribution in [0, 0.1) is 6.92 Å². The van der Waals surface area contributed by atoms with Crippen molar-refractivity contribution in [1.29, 1.82) is 0 Å². The van der Waals surface area contributed by atoms with E-state index in [1.165, 1.54) is 0 Å². The average molecular weight is 267 g/mol. The first-order valence-electron chi connectivity index (χ1n) is 6.68. The Morgan fingerprint density at radius 1 is 1.53 bits per heavy atom. The first-order chi connectivity index (χ1) is 9.06. The number of ether oxygens (including phenoxy) is 1. The first kappa shape index (κ1) is 14.0. The highest BCUT2D eigenvalue weighted by Crippen LogP contribution is 2.16. The number of carbonyl (C=O) groups is 1. The lowest BCUT2D eigenvalue weighted by Crippen LogP contribution is -2.47. The summed E-state index contributed by atoms with van der Waals surface area (Å²) < 4.78 is 10.5. The standard InChI is InChI=1S/C13H21N3O3/c1-8-7-12(19-16-8)15-13(17)10(3)14-9(2)11-5-4-6-18-11/h7,9-11,14H,4-6H2,1-3H3,(H,15,17). The summed E-state index contributed by atoms with van der Waals surface area (Å²) in [6.07, 6.45) is 2.33. The van der Waals surface area contributed by atoms with Gasteiger partial charge in [-0.25, -0.2) is 0 Å². The Bertz CT molecular complexity index is 427. The Hall–Kier alpha value is -1.40. The van der Waals surface area contributed by atoms with Crippen molar-refractivity contribution >= 4 is 11.8 Å². The van der Waals surface area contributed by atoms with Crippen molar-refractivity contribution in [2.45, 2.75) is 51.8 Å². The molecule has 6 nitrogen and oxygen atoms in total. The highest BCUT2D eigenvalue weighted by molar-refractivity contribution is 5.93. The van der Waals surface area contributed by atoms with Gasteiger partial charge in [-0.1, -0.05) is 5.16 Å². The molecule has 1 aromatic rings. The maximum atomic E-state index is 12.0. The van der Waals surface area contributed by atoms with Crippen molar-refractivity contribution in [2.75, 3.05) is 11.9 Å². The molecule has 2 rings (SSSR count). The SMILES string of the molecule is Cc1cc(NC(=O)C(C)NC(C)C2CCCO2)on1. The fourth-order valence-electron chi connectivity index (χ4n) is 2.23. The Morgan fingerprint density at radius 3 is 2.89 bits per heavy atom. The number of amides is 1. The second-order valence-electron chi connectivity index (χ2n) is 5.05. The van der Waals surface area contributed by atoms with Crippen LogP contribution < -0.4 is 10.6 Å². The number of hydrogen-bond donors (Lipinski definition) is 2. The van der Waals surface area contributed by atoms with Gasteiger partial charge in [-0.3, -0.25) is 10.1 Å². The fourth-order valence-corrected chi connectivity index (χ4v) is 2.23. The molecule has 6 heteroatoms. The van der Waals surface area contributed by atoms with E-state index in [2.05, 4.69) is 15.8 Å². The van der Waals surface area contributed by atoms with Crippen LogP contribution in [0.25, 0.3) is 0 Å². The molecule has 0 radical (unpaired) electrons. The number of rotatable bonds is 5. The molecule has 1 aliphatic heterocycles. The zero-order valence-electron chi connectivity index (χ0n) is 11.6. The van der Waals surface area contributed by atoms with Crippen molar-refractivity contribution in [3.8, 4) is 0 Å². The second-order valence-corrected chi connectivity index (χ2v) is 5.05. The van der Waals surface area contributed by atoms with E-state index in [0.717, 1.165) is 25.1 Å². The zero-order chi connectivity index (χ0) is 13.8. The quantitative estimate of drug-likeness (QED) is 0.844. The van der Waals surface area contributed by atoms with Gasteiger partial charge in [0.05, 0.1) is 17.8 Å². The minimum absolute atomic E-state index is 0.138. The summed E-state index contributed by atoms with van der Waals surface area (Å²) in [6, 6.07) is 1.53. The summed E-state index contributed by atoms with van der Waals surface area (Å²) in [5.41, 5.74) is 0.739. The Kier molecular flexibility index (Phi) is 4.55. The van der Waals surface area contributed by atoms with E-state index in [-0.39, 0.29) is 24.1 Å². The predicted molar refractivity (Wildman–Crippen MR) is 70.9 cm³/mol. The maximum Gasteiger partial charge on any atom is 0.243 e. The van der Waals surface area contributed by atoms with E-state index in [9.17, 15) is 4.79 Å². The van der Waals surface area contributed by atoms with Gasteiger partial charge in [0.1, 0.15) is 0 Å². The fraction of sp³-hybridized carbons (Fsp3) is 0.692. The smallest absolute Gasteiger partial charge is 0.243 e. The molecule has 0 spiro atoms. The number of anilines is 1. The molecule has 2 heterocycles. The van der Waals surface area contributed by atoms with E-state index in [4.69, 9.17) is 9.26 Å². The molecule has 1 fully saturated rings. The molecule has 1 aliphatic rings. The molecular formula is C13H21N3O3. The second kappa shape index (κ2) is 6.16. The normalized spacial score (nSPS) is 22.2. The maximum absolute atomic E-state index is 12.0. The van der Waals surface area contributed by atoms with Crippen LogP contribution in [-0.4, -0.2) is 35.9 Å². The van der Waals surface area contributed by atoms with Crippen LogP contribution in [0.3, 0.4) is 0 Å². The number of aryl methyl sites for hydroxylation is 1. The van der Waals surface area contributed by atoms with Crippen molar-refractivity contribution in [3.05, 3.63) is 11.8 Å². The third-order valence-corrected chi connectivity index (χ3v) is 3.30. The highest BCUT2D eigenvalue weighted by atomic mass is 16.5. The molecule has 0 bridgehead atoms. The van der Waals surface area contributed by atoms with Crippen molar-refractivity contribution in [1.82, 2.24) is 10.5 Å². The molecule has 2 N–H and O–H groups in total. The number of carbonyl (C=O) groups excluding carboxylic acids is 1. The largest absolute Gasteiger partial charge is 0.377 e. The van der Waals surface area contributed by atoms with Crippen LogP contribution in [0.15, 0.2) is 10.6 Å². The van der Waals surface area contributed by atoms with E-state index < -0.39 is 0 Å². The third kappa shape index (κ3) is 3.78. The van der Waals surface area contributed by atoms with Gasteiger partial charge < -0.3 is 14.6 Å². The summed E-state index contributed by atoms with van der Waals surface area (Å²) in [5, 5.41) is 9.66. The lowest BCUT2D eigenvalue weighted by molar-refractivity contribution is -0.118. The predicted octanol–water partition coefficient (Wildman–Crippen LogP) is 1.47. The van der Waals surface area contributed by atoms with Gasteiger partial charge in [0, 0.05) is 18.7 Å². The molecule has 0 saturated carbocycles. The summed E-state index contributed by atoms with van der Waals surface area (Å²) >= 11 is 0. The van der Waals surface area contributed by atoms with E-state index in [1.54, 1.807) is 13.0 Å². The molecule has 1 amide bonds. The minimum atomic E-state index is -0.315. The number of nitrogens with one attached hydrogen (secondary N) is 2. The van der Waals surface area contributed by atoms with Gasteiger partial charge in [-0.05, 0) is 33.6 Å². The summed E-state index contributed by atoms with van der Waals surface area (Å²) in [6.45, 7) is 6.48. The van der Waals surface area contributed by atoms with Crippen LogP contribution in [0.2, 0.25) is 0 Å². The average Bonchev–Trinajstić information content (AvgIpc) is 3.00. The van der Waals surface area contributed by atoms with E-state index >= 15 is 0 Å². The Balaban J connectivity index is 1.81. The third-order valence-electron chi connectivity index (χ3n) is 3.30. The molecule has 3 unspecified atom stereocenters. The molecule has 0 aliphatic carbocycles. The van der Waals surface area contributed by atoms with Gasteiger partial charge in [0.15, 0.2) is 0 Å². The molecule has 0 aromatic carbocycles. The van der Waals surface area contributed by atoms with Gasteiger partial charge in [0.25, 0.3) is 0 Å².